The van der Waals surface area contributed by atoms with Crippen LogP contribution < -0.4 is 5.32 Å². The quantitative estimate of drug-likeness (QED) is 0.365. The van der Waals surface area contributed by atoms with Gasteiger partial charge in [-0.2, -0.15) is 5.26 Å². The molecule has 0 radical (unpaired) electrons. The fourth-order valence-corrected chi connectivity index (χ4v) is 4.78. The zero-order valence-corrected chi connectivity index (χ0v) is 16.7. The highest BCUT2D eigenvalue weighted by molar-refractivity contribution is 14.1. The van der Waals surface area contributed by atoms with E-state index in [2.05, 4.69) is 26.3 Å². The van der Waals surface area contributed by atoms with Crippen LogP contribution in [0, 0.1) is 38.1 Å². The van der Waals surface area contributed by atoms with Crippen LogP contribution in [0.1, 0.15) is 12.5 Å². The summed E-state index contributed by atoms with van der Waals surface area (Å²) in [5.74, 6) is -1.43. The van der Waals surface area contributed by atoms with Gasteiger partial charge in [-0.05, 0) is 18.6 Å². The van der Waals surface area contributed by atoms with E-state index in [1.807, 2.05) is 22.6 Å². The number of rotatable bonds is 3. The Morgan fingerprint density at radius 3 is 2.62 bits per heavy atom. The number of fused-ring (bicyclic) bond motifs is 2. The van der Waals surface area contributed by atoms with Gasteiger partial charge in [0.15, 0.2) is 20.8 Å². The molecule has 11 heteroatoms. The molecule has 0 unspecified atom stereocenters. The van der Waals surface area contributed by atoms with Crippen molar-refractivity contribution in [1.82, 2.24) is 19.5 Å². The van der Waals surface area contributed by atoms with Crippen LogP contribution >= 0.6 is 22.6 Å². The highest BCUT2D eigenvalue weighted by Gasteiger charge is 2.72. The minimum atomic E-state index is -1.14. The van der Waals surface area contributed by atoms with Crippen molar-refractivity contribution in [2.75, 3.05) is 5.32 Å². The number of aliphatic hydroxyl groups excluding tert-OH is 2. The lowest BCUT2D eigenvalue weighted by Gasteiger charge is -2.22. The Morgan fingerprint density at radius 1 is 1.24 bits per heavy atom. The number of nitriles is 1. The molecule has 0 bridgehead atoms. The molecule has 0 saturated heterocycles. The molecule has 0 aliphatic heterocycles. The Balaban J connectivity index is 1.58. The topological polar surface area (TPSA) is 120 Å². The lowest BCUT2D eigenvalue weighted by Crippen LogP contribution is -2.33. The van der Waals surface area contributed by atoms with Crippen LogP contribution in [0.2, 0.25) is 0 Å². The van der Waals surface area contributed by atoms with E-state index >= 15 is 0 Å². The molecule has 2 aliphatic rings. The molecule has 2 saturated carbocycles. The molecule has 0 amide bonds. The van der Waals surface area contributed by atoms with E-state index < -0.39 is 35.3 Å². The first-order valence-corrected chi connectivity index (χ1v) is 9.82. The standard InChI is InChI=1S/C18H13F2IN6O2/c19-7-1-8(20)3-9(2-7)24-15-11-16(26-17(21)25-15)27(6-23-11)12-10-4-18(10,5-22)14(29)13(12)28/h1-3,6,10,12-14,28-29H,4H2,(H,24,25,26)/t10-,12-,13+,14+,18+/m1/s1. The molecule has 1 aromatic carbocycles. The maximum Gasteiger partial charge on any atom is 0.194 e. The summed E-state index contributed by atoms with van der Waals surface area (Å²) in [6, 6.07) is 4.61. The highest BCUT2D eigenvalue weighted by Crippen LogP contribution is 2.67. The molecule has 8 nitrogen and oxygen atoms in total. The number of nitrogens with one attached hydrogen (secondary N) is 1. The molecule has 148 valence electrons. The lowest BCUT2D eigenvalue weighted by atomic mass is 10.0. The zero-order chi connectivity index (χ0) is 20.5. The van der Waals surface area contributed by atoms with Crippen LogP contribution in [-0.4, -0.2) is 41.9 Å². The maximum atomic E-state index is 13.5. The largest absolute Gasteiger partial charge is 0.389 e. The van der Waals surface area contributed by atoms with Gasteiger partial charge in [0.05, 0.1) is 23.9 Å². The van der Waals surface area contributed by atoms with Crippen LogP contribution in [0.15, 0.2) is 24.5 Å². The van der Waals surface area contributed by atoms with E-state index in [1.165, 1.54) is 6.33 Å². The molecular weight excluding hydrogens is 497 g/mol. The van der Waals surface area contributed by atoms with Gasteiger partial charge in [0, 0.05) is 40.3 Å². The Hall–Kier alpha value is -2.43. The van der Waals surface area contributed by atoms with Gasteiger partial charge in [0.1, 0.15) is 23.8 Å². The summed E-state index contributed by atoms with van der Waals surface area (Å²) in [6.07, 6.45) is -0.318. The van der Waals surface area contributed by atoms with Gasteiger partial charge >= 0.3 is 0 Å². The van der Waals surface area contributed by atoms with Crippen molar-refractivity contribution in [3.05, 3.63) is 40.0 Å². The van der Waals surface area contributed by atoms with Crippen LogP contribution in [0.5, 0.6) is 0 Å². The number of imidazole rings is 1. The lowest BCUT2D eigenvalue weighted by molar-refractivity contribution is -0.00676. The van der Waals surface area contributed by atoms with E-state index in [1.54, 1.807) is 4.57 Å². The van der Waals surface area contributed by atoms with E-state index in [-0.39, 0.29) is 17.4 Å². The molecule has 5 rings (SSSR count). The van der Waals surface area contributed by atoms with Gasteiger partial charge < -0.3 is 20.1 Å². The van der Waals surface area contributed by atoms with Crippen molar-refractivity contribution in [3.63, 3.8) is 0 Å². The number of hydrogen-bond acceptors (Lipinski definition) is 7. The Labute approximate surface area is 176 Å². The van der Waals surface area contributed by atoms with Crippen molar-refractivity contribution < 1.29 is 19.0 Å². The summed E-state index contributed by atoms with van der Waals surface area (Å²) < 4.78 is 29.0. The smallest absolute Gasteiger partial charge is 0.194 e. The van der Waals surface area contributed by atoms with Crippen molar-refractivity contribution in [2.24, 2.45) is 11.3 Å². The molecule has 5 atom stereocenters. The zero-order valence-electron chi connectivity index (χ0n) is 14.6. The van der Waals surface area contributed by atoms with Gasteiger partial charge in [-0.1, -0.05) is 0 Å². The normalized spacial score (nSPS) is 30.2. The first kappa shape index (κ1) is 18.6. The summed E-state index contributed by atoms with van der Waals surface area (Å²) in [6.45, 7) is 0. The summed E-state index contributed by atoms with van der Waals surface area (Å²) in [4.78, 5) is 13.0. The molecule has 29 heavy (non-hydrogen) atoms. The van der Waals surface area contributed by atoms with Gasteiger partial charge in [-0.15, -0.1) is 0 Å². The number of aliphatic hydroxyl groups is 2. The molecule has 0 spiro atoms. The summed E-state index contributed by atoms with van der Waals surface area (Å²) in [5, 5.41) is 33.2. The second-order valence-electron chi connectivity index (χ2n) is 7.34. The Morgan fingerprint density at radius 2 is 1.97 bits per heavy atom. The van der Waals surface area contributed by atoms with Gasteiger partial charge in [-0.25, -0.2) is 23.7 Å². The first-order valence-electron chi connectivity index (χ1n) is 8.74. The van der Waals surface area contributed by atoms with E-state index in [9.17, 15) is 24.3 Å². The SMILES string of the molecule is N#C[C@@]12C[C@@H]1[C@@H](n1cnc3c(Nc4cc(F)cc(F)c4)nc(I)nc31)[C@H](O)[C@@H]2O. The van der Waals surface area contributed by atoms with E-state index in [0.717, 1.165) is 18.2 Å². The summed E-state index contributed by atoms with van der Waals surface area (Å²) >= 11 is 1.91. The summed E-state index contributed by atoms with van der Waals surface area (Å²) in [5.41, 5.74) is -0.0523. The fourth-order valence-electron chi connectivity index (χ4n) is 4.31. The molecule has 3 N–H and O–H groups in total. The Kier molecular flexibility index (Phi) is 4.03. The number of benzene rings is 1. The average molecular weight is 510 g/mol. The molecule has 2 heterocycles. The van der Waals surface area contributed by atoms with Gasteiger partial charge in [-0.3, -0.25) is 0 Å². The predicted octanol–water partition coefficient (Wildman–Crippen LogP) is 2.26. The Bertz CT molecular complexity index is 1180. The van der Waals surface area contributed by atoms with E-state index in [4.69, 9.17) is 0 Å². The van der Waals surface area contributed by atoms with Crippen LogP contribution in [-0.2, 0) is 0 Å². The van der Waals surface area contributed by atoms with Crippen LogP contribution in [0.3, 0.4) is 0 Å². The van der Waals surface area contributed by atoms with E-state index in [0.29, 0.717) is 21.4 Å². The second-order valence-corrected chi connectivity index (χ2v) is 8.30. The van der Waals surface area contributed by atoms with Gasteiger partial charge in [0.2, 0.25) is 0 Å². The number of halogens is 3. The molecular formula is C18H13F2IN6O2. The molecule has 2 fully saturated rings. The van der Waals surface area contributed by atoms with Gasteiger partial charge in [0.25, 0.3) is 0 Å². The van der Waals surface area contributed by atoms with Crippen molar-refractivity contribution in [1.29, 1.82) is 5.26 Å². The highest BCUT2D eigenvalue weighted by atomic mass is 127. The maximum absolute atomic E-state index is 13.5. The molecule has 3 aromatic rings. The minimum absolute atomic E-state index is 0.162. The third kappa shape index (κ3) is 2.70. The third-order valence-corrected chi connectivity index (χ3v) is 6.20. The molecule has 2 aromatic heterocycles. The van der Waals surface area contributed by atoms with Crippen molar-refractivity contribution in [3.8, 4) is 6.07 Å². The van der Waals surface area contributed by atoms with Crippen molar-refractivity contribution in [2.45, 2.75) is 24.7 Å². The second kappa shape index (κ2) is 6.28. The number of nitrogens with zero attached hydrogens (tertiary/aromatic N) is 5. The fraction of sp³-hybridized carbons (Fsp3) is 0.333. The summed E-state index contributed by atoms with van der Waals surface area (Å²) in [7, 11) is 0. The first-order chi connectivity index (χ1) is 13.8. The minimum Gasteiger partial charge on any atom is -0.389 e. The van der Waals surface area contributed by atoms with Crippen LogP contribution in [0.4, 0.5) is 20.3 Å². The predicted molar refractivity (Wildman–Crippen MR) is 105 cm³/mol. The molecule has 2 aliphatic carbocycles. The number of hydrogen-bond donors (Lipinski definition) is 3. The third-order valence-electron chi connectivity index (χ3n) is 5.72. The number of aromatic nitrogens is 4. The average Bonchev–Trinajstić information content (AvgIpc) is 3.17. The number of anilines is 2. The monoisotopic (exact) mass is 510 g/mol. The van der Waals surface area contributed by atoms with Crippen molar-refractivity contribution >= 4 is 45.3 Å². The van der Waals surface area contributed by atoms with Crippen LogP contribution in [0.25, 0.3) is 11.2 Å².